The van der Waals surface area contributed by atoms with Crippen LogP contribution in [0.3, 0.4) is 0 Å². The number of ether oxygens (including phenoxy) is 5. The Morgan fingerprint density at radius 1 is 0.593 bits per heavy atom. The summed E-state index contributed by atoms with van der Waals surface area (Å²) in [6.45, 7) is 3.38. The van der Waals surface area contributed by atoms with Crippen molar-refractivity contribution in [1.82, 2.24) is 9.97 Å². The Kier molecular flexibility index (Phi) is 7.52. The van der Waals surface area contributed by atoms with Gasteiger partial charge in [-0.25, -0.2) is 9.97 Å². The lowest BCUT2D eigenvalue weighted by Gasteiger charge is -2.10. The molecule has 27 heavy (non-hydrogen) atoms. The number of rotatable bonds is 0. The van der Waals surface area contributed by atoms with Crippen molar-refractivity contribution < 1.29 is 28.5 Å². The average molecular weight is 374 g/mol. The summed E-state index contributed by atoms with van der Waals surface area (Å²) in [6.07, 6.45) is 0. The summed E-state index contributed by atoms with van der Waals surface area (Å²) in [4.78, 5) is 21.1. The third kappa shape index (κ3) is 6.28. The van der Waals surface area contributed by atoms with E-state index in [9.17, 15) is 4.79 Å². The van der Waals surface area contributed by atoms with Gasteiger partial charge in [-0.15, -0.1) is 0 Å². The van der Waals surface area contributed by atoms with Crippen LogP contribution in [0.25, 0.3) is 0 Å². The molecule has 4 bridgehead atoms. The second-order valence-corrected chi connectivity index (χ2v) is 5.59. The summed E-state index contributed by atoms with van der Waals surface area (Å²) >= 11 is 0. The molecular weight excluding hydrogens is 352 g/mol. The molecule has 0 N–H and O–H groups in total. The Morgan fingerprint density at radius 3 is 1.44 bits per heavy atom. The lowest BCUT2D eigenvalue weighted by atomic mass is 10.2. The first-order chi connectivity index (χ1) is 13.3. The van der Waals surface area contributed by atoms with Crippen LogP contribution in [0.1, 0.15) is 16.2 Å². The second kappa shape index (κ2) is 10.6. The van der Waals surface area contributed by atoms with Gasteiger partial charge in [-0.1, -0.05) is 12.1 Å². The Hall–Kier alpha value is -2.55. The van der Waals surface area contributed by atoms with E-state index >= 15 is 0 Å². The molecule has 0 aliphatic carbocycles. The molecule has 144 valence electrons. The molecule has 0 amide bonds. The van der Waals surface area contributed by atoms with Gasteiger partial charge in [0.25, 0.3) is 0 Å². The predicted octanol–water partition coefficient (Wildman–Crippen LogP) is 1.53. The monoisotopic (exact) mass is 374 g/mol. The first kappa shape index (κ1) is 19.2. The normalized spacial score (nSPS) is 17.4. The molecule has 1 aliphatic rings. The van der Waals surface area contributed by atoms with Gasteiger partial charge in [-0.2, -0.15) is 0 Å². The highest BCUT2D eigenvalue weighted by molar-refractivity contribution is 6.06. The molecule has 2 aromatic heterocycles. The third-order valence-corrected chi connectivity index (χ3v) is 3.61. The molecule has 2 aromatic rings. The van der Waals surface area contributed by atoms with E-state index in [-0.39, 0.29) is 17.2 Å². The minimum absolute atomic E-state index is 0.254. The predicted molar refractivity (Wildman–Crippen MR) is 95.4 cm³/mol. The molecule has 0 atom stereocenters. The van der Waals surface area contributed by atoms with Gasteiger partial charge >= 0.3 is 0 Å². The van der Waals surface area contributed by atoms with Crippen molar-refractivity contribution in [2.24, 2.45) is 0 Å². The van der Waals surface area contributed by atoms with Crippen LogP contribution in [0.5, 0.6) is 11.8 Å². The minimum Gasteiger partial charge on any atom is -0.475 e. The number of hydrogen-bond donors (Lipinski definition) is 0. The van der Waals surface area contributed by atoms with Crippen LogP contribution < -0.4 is 9.47 Å². The van der Waals surface area contributed by atoms with Crippen molar-refractivity contribution >= 4 is 5.78 Å². The van der Waals surface area contributed by atoms with Crippen LogP contribution in [-0.4, -0.2) is 68.6 Å². The quantitative estimate of drug-likeness (QED) is 0.686. The maximum Gasteiger partial charge on any atom is 0.229 e. The summed E-state index contributed by atoms with van der Waals surface area (Å²) in [6, 6.07) is 10.1. The molecule has 0 saturated carbocycles. The van der Waals surface area contributed by atoms with Crippen molar-refractivity contribution in [1.29, 1.82) is 0 Å². The van der Waals surface area contributed by atoms with E-state index in [0.717, 1.165) is 0 Å². The fourth-order valence-corrected chi connectivity index (χ4v) is 2.33. The van der Waals surface area contributed by atoms with E-state index in [0.29, 0.717) is 64.6 Å². The Labute approximate surface area is 157 Å². The zero-order chi connectivity index (χ0) is 18.7. The van der Waals surface area contributed by atoms with Gasteiger partial charge in [0, 0.05) is 12.1 Å². The van der Waals surface area contributed by atoms with Crippen molar-refractivity contribution in [3.05, 3.63) is 47.8 Å². The maximum absolute atomic E-state index is 12.7. The summed E-state index contributed by atoms with van der Waals surface area (Å²) in [5, 5.41) is 0. The Morgan fingerprint density at radius 2 is 1.00 bits per heavy atom. The van der Waals surface area contributed by atoms with Gasteiger partial charge in [0.05, 0.1) is 39.6 Å². The smallest absolute Gasteiger partial charge is 0.229 e. The van der Waals surface area contributed by atoms with Gasteiger partial charge in [-0.3, -0.25) is 4.79 Å². The number of aromatic nitrogens is 2. The molecule has 8 nitrogen and oxygen atoms in total. The van der Waals surface area contributed by atoms with Crippen molar-refractivity contribution in [2.45, 2.75) is 0 Å². The van der Waals surface area contributed by atoms with Crippen molar-refractivity contribution in [3.63, 3.8) is 0 Å². The van der Waals surface area contributed by atoms with Crippen LogP contribution in [-0.2, 0) is 14.2 Å². The minimum atomic E-state index is -0.301. The zero-order valence-electron chi connectivity index (χ0n) is 15.0. The van der Waals surface area contributed by atoms with Crippen LogP contribution in [0.4, 0.5) is 0 Å². The summed E-state index contributed by atoms with van der Waals surface area (Å²) in [5.41, 5.74) is 0.508. The van der Waals surface area contributed by atoms with Crippen LogP contribution in [0, 0.1) is 0 Å². The Balaban J connectivity index is 1.71. The Bertz CT molecular complexity index is 680. The summed E-state index contributed by atoms with van der Waals surface area (Å²) in [5.74, 6) is 0.421. The molecular formula is C19H22N2O6. The number of ketones is 1. The van der Waals surface area contributed by atoms with Gasteiger partial charge in [-0.05, 0) is 12.1 Å². The number of carbonyl (C=O) groups excluding carboxylic acids is 1. The topological polar surface area (TPSA) is 89.0 Å². The first-order valence-corrected chi connectivity index (χ1v) is 8.80. The van der Waals surface area contributed by atoms with Crippen LogP contribution >= 0.6 is 0 Å². The third-order valence-electron chi connectivity index (χ3n) is 3.61. The second-order valence-electron chi connectivity index (χ2n) is 5.59. The average Bonchev–Trinajstić information content (AvgIpc) is 2.70. The highest BCUT2D eigenvalue weighted by Crippen LogP contribution is 2.14. The molecule has 0 saturated heterocycles. The number of nitrogens with zero attached hydrogens (tertiary/aromatic N) is 2. The lowest BCUT2D eigenvalue weighted by Crippen LogP contribution is -2.15. The molecule has 0 radical (unpaired) electrons. The lowest BCUT2D eigenvalue weighted by molar-refractivity contribution is 0.00457. The zero-order valence-corrected chi connectivity index (χ0v) is 15.0. The maximum atomic E-state index is 12.7. The first-order valence-electron chi connectivity index (χ1n) is 8.80. The number of hydrogen-bond acceptors (Lipinski definition) is 8. The van der Waals surface area contributed by atoms with Gasteiger partial charge in [0.1, 0.15) is 24.6 Å². The molecule has 0 aromatic carbocycles. The molecule has 3 rings (SSSR count). The highest BCUT2D eigenvalue weighted by Gasteiger charge is 2.14. The van der Waals surface area contributed by atoms with E-state index in [2.05, 4.69) is 9.97 Å². The summed E-state index contributed by atoms with van der Waals surface area (Å²) < 4.78 is 27.3. The highest BCUT2D eigenvalue weighted by atomic mass is 16.6. The van der Waals surface area contributed by atoms with Crippen molar-refractivity contribution in [3.8, 4) is 11.8 Å². The van der Waals surface area contributed by atoms with Crippen LogP contribution in [0.2, 0.25) is 0 Å². The molecule has 1 aliphatic heterocycles. The molecule has 0 fully saturated rings. The molecule has 0 unspecified atom stereocenters. The number of pyridine rings is 2. The fourth-order valence-electron chi connectivity index (χ4n) is 2.33. The number of carbonyl (C=O) groups is 1. The molecule has 3 heterocycles. The van der Waals surface area contributed by atoms with E-state index in [1.54, 1.807) is 36.4 Å². The largest absolute Gasteiger partial charge is 0.475 e. The van der Waals surface area contributed by atoms with E-state index in [4.69, 9.17) is 23.7 Å². The van der Waals surface area contributed by atoms with Crippen molar-refractivity contribution in [2.75, 3.05) is 52.9 Å². The van der Waals surface area contributed by atoms with Gasteiger partial charge in [0.15, 0.2) is 0 Å². The fraction of sp³-hybridized carbons (Fsp3) is 0.421. The number of fused-ring (bicyclic) bond motifs is 4. The standard InChI is InChI=1S/C19H22N2O6/c22-19-15-3-1-5-17(20-15)26-13-11-24-9-7-23-8-10-25-12-14-27-18-6-2-4-16(19)21-18/h1-6H,7-14H2. The van der Waals surface area contributed by atoms with E-state index in [1.165, 1.54) is 0 Å². The van der Waals surface area contributed by atoms with E-state index < -0.39 is 0 Å². The molecule has 8 heteroatoms. The summed E-state index contributed by atoms with van der Waals surface area (Å²) in [7, 11) is 0. The van der Waals surface area contributed by atoms with E-state index in [1.807, 2.05) is 0 Å². The SMILES string of the molecule is O=C1c2cccc(n2)OCCOCCOCCOCCOc2cccc1n2. The molecule has 0 spiro atoms. The van der Waals surface area contributed by atoms with Gasteiger partial charge < -0.3 is 23.7 Å². The van der Waals surface area contributed by atoms with Crippen LogP contribution in [0.15, 0.2) is 36.4 Å². The van der Waals surface area contributed by atoms with Gasteiger partial charge in [0.2, 0.25) is 17.5 Å².